The minimum Gasteiger partial charge on any atom is -0.395 e. The lowest BCUT2D eigenvalue weighted by Crippen LogP contribution is -2.34. The van der Waals surface area contributed by atoms with Crippen molar-refractivity contribution >= 4 is 5.91 Å². The van der Waals surface area contributed by atoms with Gasteiger partial charge in [0, 0.05) is 20.1 Å². The zero-order chi connectivity index (χ0) is 11.3. The highest BCUT2D eigenvalue weighted by molar-refractivity contribution is 5.92. The third-order valence-electron chi connectivity index (χ3n) is 2.04. The molecule has 0 atom stereocenters. The Bertz CT molecular complexity index is 346. The van der Waals surface area contributed by atoms with Gasteiger partial charge in [-0.25, -0.2) is 4.98 Å². The van der Waals surface area contributed by atoms with Crippen molar-refractivity contribution in [1.29, 1.82) is 0 Å². The van der Waals surface area contributed by atoms with Gasteiger partial charge in [0.25, 0.3) is 5.91 Å². The van der Waals surface area contributed by atoms with Crippen LogP contribution in [0.5, 0.6) is 0 Å². The van der Waals surface area contributed by atoms with Crippen LogP contribution in [0, 0.1) is 0 Å². The van der Waals surface area contributed by atoms with E-state index in [1.807, 2.05) is 0 Å². The normalized spacial score (nSPS) is 10.0. The van der Waals surface area contributed by atoms with Crippen LogP contribution in [-0.4, -0.2) is 45.2 Å². The van der Waals surface area contributed by atoms with E-state index < -0.39 is 0 Å². The van der Waals surface area contributed by atoms with Crippen LogP contribution in [0.15, 0.2) is 25.2 Å². The van der Waals surface area contributed by atoms with E-state index in [9.17, 15) is 4.79 Å². The molecular weight excluding hydrogens is 194 g/mol. The average Bonchev–Trinajstić information content (AvgIpc) is 2.63. The van der Waals surface area contributed by atoms with Gasteiger partial charge in [-0.05, 0) is 0 Å². The number of aliphatic hydroxyl groups excluding tert-OH is 1. The molecule has 0 bridgehead atoms. The van der Waals surface area contributed by atoms with E-state index in [2.05, 4.69) is 11.6 Å². The first-order valence-electron chi connectivity index (χ1n) is 4.68. The maximum Gasteiger partial charge on any atom is 0.272 e. The first-order valence-corrected chi connectivity index (χ1v) is 4.68. The summed E-state index contributed by atoms with van der Waals surface area (Å²) in [5.41, 5.74) is 0.505. The van der Waals surface area contributed by atoms with Gasteiger partial charge in [-0.1, -0.05) is 6.08 Å². The number of aromatic nitrogens is 2. The zero-order valence-electron chi connectivity index (χ0n) is 8.76. The topological polar surface area (TPSA) is 58.4 Å². The molecule has 1 rings (SSSR count). The maximum atomic E-state index is 11.9. The van der Waals surface area contributed by atoms with E-state index >= 15 is 0 Å². The Morgan fingerprint density at radius 1 is 1.80 bits per heavy atom. The molecule has 0 radical (unpaired) electrons. The van der Waals surface area contributed by atoms with Gasteiger partial charge in [-0.3, -0.25) is 4.79 Å². The van der Waals surface area contributed by atoms with Crippen LogP contribution in [0.25, 0.3) is 0 Å². The molecule has 1 heterocycles. The Labute approximate surface area is 88.7 Å². The van der Waals surface area contributed by atoms with Crippen LogP contribution in [0.1, 0.15) is 10.5 Å². The molecular formula is C10H15N3O2. The highest BCUT2D eigenvalue weighted by atomic mass is 16.3. The van der Waals surface area contributed by atoms with Crippen LogP contribution in [0.4, 0.5) is 0 Å². The summed E-state index contributed by atoms with van der Waals surface area (Å²) < 4.78 is 1.65. The van der Waals surface area contributed by atoms with Gasteiger partial charge in [-0.2, -0.15) is 0 Å². The molecule has 1 aromatic rings. The fraction of sp³-hybridized carbons (Fsp3) is 0.400. The van der Waals surface area contributed by atoms with E-state index in [0.717, 1.165) is 0 Å². The Hall–Kier alpha value is -1.62. The summed E-state index contributed by atoms with van der Waals surface area (Å²) in [5.74, 6) is -0.149. The molecule has 5 nitrogen and oxygen atoms in total. The highest BCUT2D eigenvalue weighted by Crippen LogP contribution is 2.03. The molecule has 1 N–H and O–H groups in total. The molecule has 0 saturated carbocycles. The molecule has 0 aromatic carbocycles. The number of imidazole rings is 1. The second-order valence-corrected chi connectivity index (χ2v) is 3.15. The molecule has 0 saturated heterocycles. The first-order chi connectivity index (χ1) is 7.20. The predicted octanol–water partition coefficient (Wildman–Crippen LogP) is 0.0406. The van der Waals surface area contributed by atoms with Gasteiger partial charge in [0.15, 0.2) is 0 Å². The molecule has 0 aliphatic rings. The van der Waals surface area contributed by atoms with E-state index in [1.165, 1.54) is 11.1 Å². The summed E-state index contributed by atoms with van der Waals surface area (Å²) in [4.78, 5) is 17.3. The highest BCUT2D eigenvalue weighted by Gasteiger charge is 2.16. The van der Waals surface area contributed by atoms with Gasteiger partial charge >= 0.3 is 0 Å². The summed E-state index contributed by atoms with van der Waals surface area (Å²) >= 11 is 0. The number of nitrogens with zero attached hydrogens (tertiary/aromatic N) is 3. The minimum absolute atomic E-state index is 0.0581. The van der Waals surface area contributed by atoms with Crippen molar-refractivity contribution in [3.05, 3.63) is 30.9 Å². The summed E-state index contributed by atoms with van der Waals surface area (Å²) in [5, 5.41) is 8.83. The van der Waals surface area contributed by atoms with Crippen molar-refractivity contribution in [2.24, 2.45) is 7.05 Å². The third kappa shape index (κ3) is 2.66. The lowest BCUT2D eigenvalue weighted by molar-refractivity contribution is 0.0733. The number of carbonyl (C=O) groups excluding carboxylic acids is 1. The van der Waals surface area contributed by atoms with Crippen LogP contribution in [0.2, 0.25) is 0 Å². The van der Waals surface area contributed by atoms with Gasteiger partial charge in [0.05, 0.1) is 19.1 Å². The van der Waals surface area contributed by atoms with Crippen LogP contribution in [0.3, 0.4) is 0 Å². The minimum atomic E-state index is -0.149. The number of hydrogen-bond donors (Lipinski definition) is 1. The van der Waals surface area contributed by atoms with E-state index in [4.69, 9.17) is 5.11 Å². The van der Waals surface area contributed by atoms with Gasteiger partial charge in [0.2, 0.25) is 0 Å². The smallest absolute Gasteiger partial charge is 0.272 e. The molecule has 1 aromatic heterocycles. The lowest BCUT2D eigenvalue weighted by Gasteiger charge is -2.19. The average molecular weight is 209 g/mol. The van der Waals surface area contributed by atoms with Crippen molar-refractivity contribution in [3.63, 3.8) is 0 Å². The second kappa shape index (κ2) is 5.31. The number of aliphatic hydroxyl groups is 1. The van der Waals surface area contributed by atoms with Crippen molar-refractivity contribution in [3.8, 4) is 0 Å². The summed E-state index contributed by atoms with van der Waals surface area (Å²) in [6.07, 6.45) is 4.71. The third-order valence-corrected chi connectivity index (χ3v) is 2.04. The van der Waals surface area contributed by atoms with Gasteiger partial charge in [0.1, 0.15) is 5.69 Å². The molecule has 0 aliphatic carbocycles. The zero-order valence-corrected chi connectivity index (χ0v) is 8.76. The Balaban J connectivity index is 2.80. The predicted molar refractivity (Wildman–Crippen MR) is 56.4 cm³/mol. The standard InChI is InChI=1S/C10H15N3O2/c1-3-4-13(5-6-14)10(15)9-7-11-8-12(9)2/h3,7-8,14H,1,4-6H2,2H3. The molecule has 1 amide bonds. The molecule has 0 fully saturated rings. The fourth-order valence-electron chi connectivity index (χ4n) is 1.28. The number of rotatable bonds is 5. The largest absolute Gasteiger partial charge is 0.395 e. The summed E-state index contributed by atoms with van der Waals surface area (Å²) in [6, 6.07) is 0. The Morgan fingerprint density at radius 2 is 2.53 bits per heavy atom. The molecule has 0 aliphatic heterocycles. The number of aryl methyl sites for hydroxylation is 1. The Morgan fingerprint density at radius 3 is 3.00 bits per heavy atom. The van der Waals surface area contributed by atoms with Crippen LogP contribution in [-0.2, 0) is 7.05 Å². The van der Waals surface area contributed by atoms with Gasteiger partial charge < -0.3 is 14.6 Å². The monoisotopic (exact) mass is 209 g/mol. The lowest BCUT2D eigenvalue weighted by atomic mass is 10.3. The van der Waals surface area contributed by atoms with E-state index in [1.54, 1.807) is 24.0 Å². The molecule has 0 spiro atoms. The number of carbonyl (C=O) groups is 1. The number of hydrogen-bond acceptors (Lipinski definition) is 3. The molecule has 82 valence electrons. The number of amides is 1. The Kier molecular flexibility index (Phi) is 4.05. The first kappa shape index (κ1) is 11.5. The quantitative estimate of drug-likeness (QED) is 0.697. The summed E-state index contributed by atoms with van der Waals surface area (Å²) in [6.45, 7) is 4.24. The van der Waals surface area contributed by atoms with Gasteiger partial charge in [-0.15, -0.1) is 6.58 Å². The molecule has 5 heteroatoms. The van der Waals surface area contributed by atoms with Crippen molar-refractivity contribution in [2.45, 2.75) is 0 Å². The van der Waals surface area contributed by atoms with Crippen molar-refractivity contribution < 1.29 is 9.90 Å². The molecule has 15 heavy (non-hydrogen) atoms. The van der Waals surface area contributed by atoms with Crippen LogP contribution >= 0.6 is 0 Å². The van der Waals surface area contributed by atoms with Crippen LogP contribution < -0.4 is 0 Å². The SMILES string of the molecule is C=CCN(CCO)C(=O)c1cncn1C. The summed E-state index contributed by atoms with van der Waals surface area (Å²) in [7, 11) is 1.76. The van der Waals surface area contributed by atoms with E-state index in [0.29, 0.717) is 18.8 Å². The van der Waals surface area contributed by atoms with Crippen molar-refractivity contribution in [2.75, 3.05) is 19.7 Å². The van der Waals surface area contributed by atoms with Crippen molar-refractivity contribution in [1.82, 2.24) is 14.5 Å². The molecule has 0 unspecified atom stereocenters. The maximum absolute atomic E-state index is 11.9. The van der Waals surface area contributed by atoms with E-state index in [-0.39, 0.29) is 12.5 Å². The fourth-order valence-corrected chi connectivity index (χ4v) is 1.28. The second-order valence-electron chi connectivity index (χ2n) is 3.15.